The molecule has 0 aliphatic rings. The minimum atomic E-state index is -0.949. The van der Waals surface area contributed by atoms with Gasteiger partial charge in [0.2, 0.25) is 0 Å². The van der Waals surface area contributed by atoms with E-state index in [0.717, 1.165) is 12.1 Å². The van der Waals surface area contributed by atoms with Gasteiger partial charge in [-0.25, -0.2) is 4.39 Å². The van der Waals surface area contributed by atoms with Crippen molar-refractivity contribution < 1.29 is 14.1 Å². The van der Waals surface area contributed by atoms with Crippen LogP contribution in [0.15, 0.2) is 18.2 Å². The number of non-ortho nitro benzene ring substituents is 1. The standard InChI is InChI=1S/C12H11FN4O3/c1-6-11(7(2)16-15-6)14-12(18)9-4-3-8(17(19)20)5-10(9)13/h3-5H,1-2H3,(H,14,18)(H,15,16). The predicted octanol–water partition coefficient (Wildman–Crippen LogP) is 2.33. The molecule has 104 valence electrons. The quantitative estimate of drug-likeness (QED) is 0.664. The molecule has 2 N–H and O–H groups in total. The number of rotatable bonds is 3. The fourth-order valence-corrected chi connectivity index (χ4v) is 1.72. The Hall–Kier alpha value is -2.77. The van der Waals surface area contributed by atoms with Crippen LogP contribution < -0.4 is 5.32 Å². The molecule has 0 aliphatic carbocycles. The molecule has 0 aliphatic heterocycles. The minimum absolute atomic E-state index is 0.268. The second-order valence-corrected chi connectivity index (χ2v) is 4.18. The Morgan fingerprint density at radius 2 is 2.15 bits per heavy atom. The Bertz CT molecular complexity index is 677. The zero-order valence-corrected chi connectivity index (χ0v) is 10.7. The van der Waals surface area contributed by atoms with Crippen molar-refractivity contribution in [3.63, 3.8) is 0 Å². The molecule has 2 aromatic rings. The normalized spacial score (nSPS) is 10.3. The maximum Gasteiger partial charge on any atom is 0.272 e. The van der Waals surface area contributed by atoms with E-state index in [4.69, 9.17) is 0 Å². The molecule has 2 rings (SSSR count). The molecule has 1 aromatic carbocycles. The van der Waals surface area contributed by atoms with Crippen molar-refractivity contribution in [2.45, 2.75) is 13.8 Å². The van der Waals surface area contributed by atoms with Crippen molar-refractivity contribution >= 4 is 17.3 Å². The number of benzene rings is 1. The first-order valence-electron chi connectivity index (χ1n) is 5.67. The number of halogens is 1. The second-order valence-electron chi connectivity index (χ2n) is 4.18. The van der Waals surface area contributed by atoms with E-state index in [-0.39, 0.29) is 5.56 Å². The highest BCUT2D eigenvalue weighted by Crippen LogP contribution is 2.20. The summed E-state index contributed by atoms with van der Waals surface area (Å²) in [6, 6.07) is 2.87. The van der Waals surface area contributed by atoms with Crippen LogP contribution in [0.5, 0.6) is 0 Å². The number of hydrogen-bond acceptors (Lipinski definition) is 4. The van der Waals surface area contributed by atoms with Crippen LogP contribution in [0.4, 0.5) is 15.8 Å². The van der Waals surface area contributed by atoms with E-state index in [1.54, 1.807) is 13.8 Å². The molecule has 0 saturated carbocycles. The topological polar surface area (TPSA) is 101 Å². The Balaban J connectivity index is 2.28. The van der Waals surface area contributed by atoms with Crippen molar-refractivity contribution in [3.05, 3.63) is 51.1 Å². The molecule has 20 heavy (non-hydrogen) atoms. The van der Waals surface area contributed by atoms with Crippen LogP contribution in [-0.2, 0) is 0 Å². The van der Waals surface area contributed by atoms with Crippen molar-refractivity contribution in [1.29, 1.82) is 0 Å². The van der Waals surface area contributed by atoms with Gasteiger partial charge in [-0.05, 0) is 19.9 Å². The SMILES string of the molecule is Cc1n[nH]c(C)c1NC(=O)c1ccc([N+](=O)[O-])cc1F. The molecular weight excluding hydrogens is 267 g/mol. The number of hydrogen-bond donors (Lipinski definition) is 2. The van der Waals surface area contributed by atoms with Gasteiger partial charge in [-0.2, -0.15) is 5.10 Å². The van der Waals surface area contributed by atoms with Gasteiger partial charge in [0.25, 0.3) is 11.6 Å². The summed E-state index contributed by atoms with van der Waals surface area (Å²) in [5.41, 5.74) is 0.995. The lowest BCUT2D eigenvalue weighted by atomic mass is 10.1. The Morgan fingerprint density at radius 3 is 2.65 bits per heavy atom. The summed E-state index contributed by atoms with van der Waals surface area (Å²) in [5.74, 6) is -1.64. The molecule has 0 saturated heterocycles. The number of aromatic amines is 1. The molecule has 0 spiro atoms. The van der Waals surface area contributed by atoms with Gasteiger partial charge in [0.15, 0.2) is 0 Å². The van der Waals surface area contributed by atoms with E-state index in [0.29, 0.717) is 23.1 Å². The number of carbonyl (C=O) groups is 1. The van der Waals surface area contributed by atoms with Gasteiger partial charge in [0, 0.05) is 6.07 Å². The lowest BCUT2D eigenvalue weighted by molar-refractivity contribution is -0.385. The number of nitro groups is 1. The Labute approximate surface area is 113 Å². The average molecular weight is 278 g/mol. The number of anilines is 1. The number of nitrogens with zero attached hydrogens (tertiary/aromatic N) is 2. The maximum atomic E-state index is 13.7. The van der Waals surface area contributed by atoms with Crippen molar-refractivity contribution in [2.75, 3.05) is 5.32 Å². The Kier molecular flexibility index (Phi) is 3.47. The maximum absolute atomic E-state index is 13.7. The second kappa shape index (κ2) is 5.08. The number of aromatic nitrogens is 2. The van der Waals surface area contributed by atoms with E-state index in [9.17, 15) is 19.3 Å². The molecule has 0 unspecified atom stereocenters. The monoisotopic (exact) mass is 278 g/mol. The smallest absolute Gasteiger partial charge is 0.272 e. The summed E-state index contributed by atoms with van der Waals surface area (Å²) < 4.78 is 13.7. The van der Waals surface area contributed by atoms with E-state index < -0.39 is 22.3 Å². The summed E-state index contributed by atoms with van der Waals surface area (Å²) >= 11 is 0. The molecule has 1 amide bonds. The molecule has 0 bridgehead atoms. The van der Waals surface area contributed by atoms with Crippen LogP contribution in [0.2, 0.25) is 0 Å². The van der Waals surface area contributed by atoms with E-state index >= 15 is 0 Å². The van der Waals surface area contributed by atoms with Gasteiger partial charge in [-0.3, -0.25) is 20.0 Å². The third-order valence-corrected chi connectivity index (χ3v) is 2.77. The number of nitrogens with one attached hydrogen (secondary N) is 2. The van der Waals surface area contributed by atoms with Gasteiger partial charge in [-0.1, -0.05) is 0 Å². The summed E-state index contributed by atoms with van der Waals surface area (Å²) in [5, 5.41) is 19.6. The summed E-state index contributed by atoms with van der Waals surface area (Å²) in [6.07, 6.45) is 0. The molecule has 8 heteroatoms. The number of nitro benzene ring substituents is 1. The number of aryl methyl sites for hydroxylation is 2. The van der Waals surface area contributed by atoms with Gasteiger partial charge < -0.3 is 5.32 Å². The average Bonchev–Trinajstić information content (AvgIpc) is 2.70. The predicted molar refractivity (Wildman–Crippen MR) is 69.1 cm³/mol. The molecule has 0 radical (unpaired) electrons. The molecule has 0 fully saturated rings. The van der Waals surface area contributed by atoms with Crippen LogP contribution in [-0.4, -0.2) is 21.0 Å². The first-order chi connectivity index (χ1) is 9.40. The number of carbonyl (C=O) groups excluding carboxylic acids is 1. The number of amides is 1. The fourth-order valence-electron chi connectivity index (χ4n) is 1.72. The van der Waals surface area contributed by atoms with Crippen molar-refractivity contribution in [2.24, 2.45) is 0 Å². The largest absolute Gasteiger partial charge is 0.319 e. The Morgan fingerprint density at radius 1 is 1.45 bits per heavy atom. The molecular formula is C12H11FN4O3. The molecule has 0 atom stereocenters. The van der Waals surface area contributed by atoms with Gasteiger partial charge in [-0.15, -0.1) is 0 Å². The lowest BCUT2D eigenvalue weighted by Gasteiger charge is -2.06. The number of H-pyrrole nitrogens is 1. The van der Waals surface area contributed by atoms with Gasteiger partial charge in [0.1, 0.15) is 5.82 Å². The highest BCUT2D eigenvalue weighted by molar-refractivity contribution is 6.05. The van der Waals surface area contributed by atoms with E-state index in [1.807, 2.05) is 0 Å². The highest BCUT2D eigenvalue weighted by Gasteiger charge is 2.18. The zero-order chi connectivity index (χ0) is 14.9. The molecule has 1 heterocycles. The first kappa shape index (κ1) is 13.7. The lowest BCUT2D eigenvalue weighted by Crippen LogP contribution is -2.14. The van der Waals surface area contributed by atoms with Crippen LogP contribution in [0.1, 0.15) is 21.7 Å². The van der Waals surface area contributed by atoms with Gasteiger partial charge >= 0.3 is 0 Å². The third kappa shape index (κ3) is 2.48. The fraction of sp³-hybridized carbons (Fsp3) is 0.167. The summed E-state index contributed by atoms with van der Waals surface area (Å²) in [7, 11) is 0. The minimum Gasteiger partial charge on any atom is -0.319 e. The van der Waals surface area contributed by atoms with E-state index in [2.05, 4.69) is 15.5 Å². The third-order valence-electron chi connectivity index (χ3n) is 2.77. The highest BCUT2D eigenvalue weighted by atomic mass is 19.1. The van der Waals surface area contributed by atoms with Crippen LogP contribution in [0.3, 0.4) is 0 Å². The summed E-state index contributed by atoms with van der Waals surface area (Å²) in [4.78, 5) is 21.7. The van der Waals surface area contributed by atoms with Crippen LogP contribution >= 0.6 is 0 Å². The molecule has 1 aromatic heterocycles. The van der Waals surface area contributed by atoms with Gasteiger partial charge in [0.05, 0.1) is 33.6 Å². The van der Waals surface area contributed by atoms with Crippen LogP contribution in [0, 0.1) is 29.8 Å². The first-order valence-corrected chi connectivity index (χ1v) is 5.67. The van der Waals surface area contributed by atoms with Crippen molar-refractivity contribution in [3.8, 4) is 0 Å². The summed E-state index contributed by atoms with van der Waals surface area (Å²) in [6.45, 7) is 3.40. The molecule has 7 nitrogen and oxygen atoms in total. The van der Waals surface area contributed by atoms with Crippen molar-refractivity contribution in [1.82, 2.24) is 10.2 Å². The van der Waals surface area contributed by atoms with Crippen LogP contribution in [0.25, 0.3) is 0 Å². The zero-order valence-electron chi connectivity index (χ0n) is 10.7. The van der Waals surface area contributed by atoms with E-state index in [1.165, 1.54) is 0 Å².